The van der Waals surface area contributed by atoms with Crippen LogP contribution < -0.4 is 0 Å². The van der Waals surface area contributed by atoms with E-state index in [0.29, 0.717) is 0 Å². The summed E-state index contributed by atoms with van der Waals surface area (Å²) in [5, 5.41) is 8.99. The van der Waals surface area contributed by atoms with Crippen LogP contribution in [-0.4, -0.2) is 11.1 Å². The van der Waals surface area contributed by atoms with Crippen molar-refractivity contribution < 1.29 is 51.6 Å². The second kappa shape index (κ2) is 8.18. The van der Waals surface area contributed by atoms with Gasteiger partial charge in [-0.25, -0.2) is 0 Å². The topological polar surface area (TPSA) is 37.3 Å². The second-order valence-electron chi connectivity index (χ2n) is 3.72. The molecule has 1 atom stereocenters. The molecule has 1 N–H and O–H groups in total. The third kappa shape index (κ3) is 6.02. The minimum atomic E-state index is -0.641. The molecule has 0 spiro atoms. The van der Waals surface area contributed by atoms with Crippen LogP contribution in [0.15, 0.2) is 0 Å². The van der Waals surface area contributed by atoms with Crippen molar-refractivity contribution in [2.24, 2.45) is 5.41 Å². The van der Waals surface area contributed by atoms with Crippen molar-refractivity contribution >= 4 is 5.97 Å². The van der Waals surface area contributed by atoms with Crippen LogP contribution in [0, 0.1) is 47.2 Å². The third-order valence-corrected chi connectivity index (χ3v) is 2.40. The minimum Gasteiger partial charge on any atom is -0.481 e. The van der Waals surface area contributed by atoms with Gasteiger partial charge in [0.05, 0.1) is 5.41 Å². The van der Waals surface area contributed by atoms with Crippen LogP contribution in [0.3, 0.4) is 0 Å². The molecule has 0 aliphatic heterocycles. The van der Waals surface area contributed by atoms with Gasteiger partial charge >= 0.3 is 5.97 Å². The van der Waals surface area contributed by atoms with Gasteiger partial charge in [-0.3, -0.25) is 4.79 Å². The molecule has 2 nitrogen and oxygen atoms in total. The molecule has 3 heteroatoms. The van der Waals surface area contributed by atoms with E-state index in [1.54, 1.807) is 0 Å². The van der Waals surface area contributed by atoms with Crippen molar-refractivity contribution in [2.45, 2.75) is 52.9 Å². The summed E-state index contributed by atoms with van der Waals surface area (Å²) in [6.45, 7) is 5.98. The molecule has 0 radical (unpaired) electrons. The molecule has 0 aromatic heterocycles. The number of hydrogen-bond donors (Lipinski definition) is 1. The van der Waals surface area contributed by atoms with E-state index in [2.05, 4.69) is 6.92 Å². The normalized spacial score (nSPS) is 14.4. The Morgan fingerprint density at radius 3 is 2.08 bits per heavy atom. The molecule has 0 heterocycles. The standard InChI is InChI=1S/C10H20O2.Ce/c1-4-6-8-10(3,7-5-2)9(11)12;/h4-8H2,1-3H3,(H,11,12);. The van der Waals surface area contributed by atoms with Crippen molar-refractivity contribution in [3.8, 4) is 0 Å². The van der Waals surface area contributed by atoms with Gasteiger partial charge in [0.2, 0.25) is 0 Å². The van der Waals surface area contributed by atoms with Gasteiger partial charge in [-0.2, -0.15) is 0 Å². The molecule has 0 aliphatic rings. The Morgan fingerprint density at radius 1 is 1.23 bits per heavy atom. The number of aliphatic carboxylic acids is 1. The molecule has 0 aliphatic carbocycles. The van der Waals surface area contributed by atoms with E-state index in [9.17, 15) is 4.79 Å². The Balaban J connectivity index is 0. The molecular formula is C10H20CeO2. The van der Waals surface area contributed by atoms with E-state index in [4.69, 9.17) is 5.11 Å². The Bertz CT molecular complexity index is 148. The molecule has 0 fully saturated rings. The average molecular weight is 312 g/mol. The fourth-order valence-electron chi connectivity index (χ4n) is 1.46. The number of rotatable bonds is 6. The van der Waals surface area contributed by atoms with Crippen LogP contribution in [0.25, 0.3) is 0 Å². The maximum Gasteiger partial charge on any atom is 0.309 e. The van der Waals surface area contributed by atoms with Gasteiger partial charge in [-0.05, 0) is 19.8 Å². The van der Waals surface area contributed by atoms with Crippen LogP contribution in [0.2, 0.25) is 0 Å². The van der Waals surface area contributed by atoms with Crippen molar-refractivity contribution in [3.05, 3.63) is 0 Å². The number of hydrogen-bond acceptors (Lipinski definition) is 1. The summed E-state index contributed by atoms with van der Waals surface area (Å²) in [7, 11) is 0. The monoisotopic (exact) mass is 312 g/mol. The van der Waals surface area contributed by atoms with E-state index in [0.717, 1.165) is 32.1 Å². The first-order chi connectivity index (χ1) is 5.56. The first-order valence-electron chi connectivity index (χ1n) is 4.80. The molecule has 0 saturated heterocycles. The number of unbranched alkanes of at least 4 members (excludes halogenated alkanes) is 1. The molecule has 0 amide bonds. The molecule has 1 unspecified atom stereocenters. The zero-order valence-electron chi connectivity index (χ0n) is 8.89. The van der Waals surface area contributed by atoms with Crippen molar-refractivity contribution in [1.82, 2.24) is 0 Å². The van der Waals surface area contributed by atoms with E-state index in [-0.39, 0.29) is 41.7 Å². The van der Waals surface area contributed by atoms with Crippen molar-refractivity contribution in [1.29, 1.82) is 0 Å². The van der Waals surface area contributed by atoms with E-state index in [1.165, 1.54) is 0 Å². The van der Waals surface area contributed by atoms with Crippen LogP contribution in [0.5, 0.6) is 0 Å². The smallest absolute Gasteiger partial charge is 0.309 e. The molecule has 0 rings (SSSR count). The number of carboxylic acids is 1. The number of carbonyl (C=O) groups is 1. The fourth-order valence-corrected chi connectivity index (χ4v) is 1.46. The third-order valence-electron chi connectivity index (χ3n) is 2.40. The molecular weight excluding hydrogens is 292 g/mol. The summed E-state index contributed by atoms with van der Waals surface area (Å²) in [4.78, 5) is 10.9. The van der Waals surface area contributed by atoms with Crippen LogP contribution in [0.1, 0.15) is 52.9 Å². The second-order valence-corrected chi connectivity index (χ2v) is 3.72. The summed E-state index contributed by atoms with van der Waals surface area (Å²) in [5.41, 5.74) is -0.481. The van der Waals surface area contributed by atoms with E-state index in [1.807, 2.05) is 13.8 Å². The first-order valence-corrected chi connectivity index (χ1v) is 4.80. The van der Waals surface area contributed by atoms with Gasteiger partial charge < -0.3 is 5.11 Å². The van der Waals surface area contributed by atoms with Crippen LogP contribution in [-0.2, 0) is 4.79 Å². The maximum atomic E-state index is 10.9. The zero-order chi connectivity index (χ0) is 9.61. The van der Waals surface area contributed by atoms with E-state index >= 15 is 0 Å². The Morgan fingerprint density at radius 2 is 1.77 bits per heavy atom. The van der Waals surface area contributed by atoms with Crippen molar-refractivity contribution in [3.63, 3.8) is 0 Å². The van der Waals surface area contributed by atoms with Gasteiger partial charge in [0.15, 0.2) is 0 Å². The fraction of sp³-hybridized carbons (Fsp3) is 0.900. The van der Waals surface area contributed by atoms with Gasteiger partial charge in [-0.15, -0.1) is 0 Å². The summed E-state index contributed by atoms with van der Waals surface area (Å²) < 4.78 is 0. The van der Waals surface area contributed by atoms with Gasteiger partial charge in [0.25, 0.3) is 0 Å². The molecule has 13 heavy (non-hydrogen) atoms. The Kier molecular flexibility index (Phi) is 10.2. The van der Waals surface area contributed by atoms with Gasteiger partial charge in [0.1, 0.15) is 0 Å². The summed E-state index contributed by atoms with van der Waals surface area (Å²) in [6.07, 6.45) is 4.65. The summed E-state index contributed by atoms with van der Waals surface area (Å²) in [6, 6.07) is 0. The Labute approximate surface area is 115 Å². The zero-order valence-corrected chi connectivity index (χ0v) is 12.0. The average Bonchev–Trinajstić information content (AvgIpc) is 2.01. The predicted molar refractivity (Wildman–Crippen MR) is 50.2 cm³/mol. The number of carboxylic acid groups (broad SMARTS) is 1. The first kappa shape index (κ1) is 16.3. The summed E-state index contributed by atoms with van der Waals surface area (Å²) in [5.74, 6) is -0.641. The quantitative estimate of drug-likeness (QED) is 0.818. The minimum absolute atomic E-state index is 0. The molecule has 76 valence electrons. The van der Waals surface area contributed by atoms with Crippen molar-refractivity contribution in [2.75, 3.05) is 0 Å². The van der Waals surface area contributed by atoms with E-state index < -0.39 is 11.4 Å². The molecule has 0 aromatic carbocycles. The largest absolute Gasteiger partial charge is 0.481 e. The molecule has 0 saturated carbocycles. The molecule has 0 aromatic rings. The maximum absolute atomic E-state index is 10.9. The van der Waals surface area contributed by atoms with Crippen LogP contribution in [0.4, 0.5) is 0 Å². The molecule has 0 bridgehead atoms. The van der Waals surface area contributed by atoms with Gasteiger partial charge in [0, 0.05) is 41.7 Å². The van der Waals surface area contributed by atoms with Crippen LogP contribution >= 0.6 is 0 Å². The summed E-state index contributed by atoms with van der Waals surface area (Å²) >= 11 is 0. The predicted octanol–water partition coefficient (Wildman–Crippen LogP) is 3.07. The van der Waals surface area contributed by atoms with Gasteiger partial charge in [-0.1, -0.05) is 33.1 Å². The SMILES string of the molecule is CCCCC(C)(CCC)C(=O)O.[Ce]. The Hall–Kier alpha value is 0.847.